The van der Waals surface area contributed by atoms with Crippen LogP contribution in [0.5, 0.6) is 0 Å². The van der Waals surface area contributed by atoms with Gasteiger partial charge < -0.3 is 0 Å². The second-order valence-corrected chi connectivity index (χ2v) is 3.94. The molecule has 1 aliphatic rings. The quantitative estimate of drug-likeness (QED) is 0.496. The summed E-state index contributed by atoms with van der Waals surface area (Å²) in [6.07, 6.45) is 11.2. The molecule has 2 heteroatoms. The second-order valence-electron chi connectivity index (χ2n) is 3.94. The van der Waals surface area contributed by atoms with E-state index in [0.717, 1.165) is 25.4 Å². The van der Waals surface area contributed by atoms with Gasteiger partial charge in [0, 0.05) is 12.6 Å². The van der Waals surface area contributed by atoms with Crippen LogP contribution in [-0.2, 0) is 4.79 Å². The number of carbonyl (C=O) groups excluding carboxylic acids is 1. The first kappa shape index (κ1) is 11.4. The maximum absolute atomic E-state index is 10.1. The van der Waals surface area contributed by atoms with Crippen LogP contribution < -0.4 is 0 Å². The van der Waals surface area contributed by atoms with Crippen molar-refractivity contribution in [2.45, 2.75) is 45.1 Å². The van der Waals surface area contributed by atoms with Crippen molar-refractivity contribution in [2.75, 3.05) is 13.1 Å². The normalized spacial score (nSPS) is 19.3. The Morgan fingerprint density at radius 1 is 1.29 bits per heavy atom. The molecule has 1 saturated carbocycles. The number of aldehydes is 1. The third-order valence-corrected chi connectivity index (χ3v) is 3.05. The predicted molar refractivity (Wildman–Crippen MR) is 59.3 cm³/mol. The Morgan fingerprint density at radius 2 is 2.00 bits per heavy atom. The Balaban J connectivity index is 2.35. The van der Waals surface area contributed by atoms with Crippen molar-refractivity contribution in [3.63, 3.8) is 0 Å². The fraction of sp³-hybridized carbons (Fsp3) is 0.750. The van der Waals surface area contributed by atoms with Crippen LogP contribution in [0.4, 0.5) is 0 Å². The van der Waals surface area contributed by atoms with E-state index in [9.17, 15) is 4.79 Å². The maximum Gasteiger partial charge on any atom is 0.142 e. The lowest BCUT2D eigenvalue weighted by atomic mass is 9.94. The zero-order chi connectivity index (χ0) is 10.2. The number of likely N-dealkylation sites (N-methyl/N-ethyl adjacent to an activating group) is 1. The van der Waals surface area contributed by atoms with Gasteiger partial charge in [-0.15, -0.1) is 0 Å². The highest BCUT2D eigenvalue weighted by molar-refractivity contribution is 5.64. The van der Waals surface area contributed by atoms with E-state index < -0.39 is 0 Å². The van der Waals surface area contributed by atoms with Gasteiger partial charge in [0.2, 0.25) is 0 Å². The van der Waals surface area contributed by atoms with Crippen LogP contribution in [0.15, 0.2) is 12.2 Å². The first-order chi connectivity index (χ1) is 6.88. The van der Waals surface area contributed by atoms with Crippen molar-refractivity contribution in [3.8, 4) is 0 Å². The van der Waals surface area contributed by atoms with Crippen molar-refractivity contribution in [2.24, 2.45) is 0 Å². The third kappa shape index (κ3) is 3.62. The zero-order valence-electron chi connectivity index (χ0n) is 9.11. The minimum atomic E-state index is 0.755. The van der Waals surface area contributed by atoms with Gasteiger partial charge in [-0.3, -0.25) is 9.69 Å². The van der Waals surface area contributed by atoms with Gasteiger partial charge in [-0.25, -0.2) is 0 Å². The Labute approximate surface area is 87.0 Å². The lowest BCUT2D eigenvalue weighted by Crippen LogP contribution is -2.36. The first-order valence-electron chi connectivity index (χ1n) is 5.72. The highest BCUT2D eigenvalue weighted by Crippen LogP contribution is 2.22. The standard InChI is InChI=1S/C12H21NO/c1-2-13(10-6-7-11-14)12-8-4-3-5-9-12/h6-7,11-12H,2-5,8-10H2,1H3/b7-6+. The van der Waals surface area contributed by atoms with Crippen LogP contribution in [0, 0.1) is 0 Å². The Morgan fingerprint density at radius 3 is 2.57 bits per heavy atom. The summed E-state index contributed by atoms with van der Waals surface area (Å²) in [5, 5.41) is 0. The smallest absolute Gasteiger partial charge is 0.142 e. The van der Waals surface area contributed by atoms with E-state index in [1.54, 1.807) is 6.08 Å². The van der Waals surface area contributed by atoms with E-state index in [1.807, 2.05) is 6.08 Å². The van der Waals surface area contributed by atoms with Crippen LogP contribution in [0.25, 0.3) is 0 Å². The Hall–Kier alpha value is -0.630. The zero-order valence-corrected chi connectivity index (χ0v) is 9.11. The van der Waals surface area contributed by atoms with Crippen molar-refractivity contribution >= 4 is 6.29 Å². The Kier molecular flexibility index (Phi) is 5.53. The molecule has 0 atom stereocenters. The molecule has 0 heterocycles. The number of hydrogen-bond donors (Lipinski definition) is 0. The molecule has 0 spiro atoms. The van der Waals surface area contributed by atoms with Crippen molar-refractivity contribution < 1.29 is 4.79 Å². The van der Waals surface area contributed by atoms with Gasteiger partial charge in [0.15, 0.2) is 0 Å². The average Bonchev–Trinajstić information content (AvgIpc) is 2.26. The van der Waals surface area contributed by atoms with E-state index in [-0.39, 0.29) is 0 Å². The van der Waals surface area contributed by atoms with Crippen molar-refractivity contribution in [1.29, 1.82) is 0 Å². The topological polar surface area (TPSA) is 20.3 Å². The molecule has 80 valence electrons. The van der Waals surface area contributed by atoms with Crippen molar-refractivity contribution in [1.82, 2.24) is 4.90 Å². The second kappa shape index (κ2) is 6.77. The molecule has 1 aliphatic carbocycles. The molecule has 0 bridgehead atoms. The molecule has 0 aliphatic heterocycles. The van der Waals surface area contributed by atoms with Gasteiger partial charge in [-0.05, 0) is 25.5 Å². The van der Waals surface area contributed by atoms with E-state index in [1.165, 1.54) is 32.1 Å². The van der Waals surface area contributed by atoms with Gasteiger partial charge in [0.05, 0.1) is 0 Å². The molecule has 0 aromatic carbocycles. The summed E-state index contributed by atoms with van der Waals surface area (Å²) in [5.74, 6) is 0. The average molecular weight is 195 g/mol. The summed E-state index contributed by atoms with van der Waals surface area (Å²) in [6, 6.07) is 0.755. The van der Waals surface area contributed by atoms with Crippen molar-refractivity contribution in [3.05, 3.63) is 12.2 Å². The van der Waals surface area contributed by atoms with Gasteiger partial charge in [-0.1, -0.05) is 32.3 Å². The van der Waals surface area contributed by atoms with E-state index >= 15 is 0 Å². The van der Waals surface area contributed by atoms with E-state index in [2.05, 4.69) is 11.8 Å². The fourth-order valence-electron chi connectivity index (χ4n) is 2.23. The number of nitrogens with zero attached hydrogens (tertiary/aromatic N) is 1. The largest absolute Gasteiger partial charge is 0.299 e. The lowest BCUT2D eigenvalue weighted by molar-refractivity contribution is -0.104. The van der Waals surface area contributed by atoms with E-state index in [4.69, 9.17) is 0 Å². The van der Waals surface area contributed by atoms with Gasteiger partial charge in [0.25, 0.3) is 0 Å². The summed E-state index contributed by atoms with van der Waals surface area (Å²) in [7, 11) is 0. The highest BCUT2D eigenvalue weighted by Gasteiger charge is 2.18. The molecule has 0 unspecified atom stereocenters. The summed E-state index contributed by atoms with van der Waals surface area (Å²) >= 11 is 0. The van der Waals surface area contributed by atoms with Crippen LogP contribution in [0.1, 0.15) is 39.0 Å². The number of carbonyl (C=O) groups is 1. The molecule has 1 rings (SSSR count). The summed E-state index contributed by atoms with van der Waals surface area (Å²) in [5.41, 5.74) is 0. The molecule has 0 radical (unpaired) electrons. The summed E-state index contributed by atoms with van der Waals surface area (Å²) in [6.45, 7) is 4.22. The molecule has 2 nitrogen and oxygen atoms in total. The fourth-order valence-corrected chi connectivity index (χ4v) is 2.23. The molecule has 0 saturated heterocycles. The number of rotatable bonds is 5. The minimum Gasteiger partial charge on any atom is -0.299 e. The first-order valence-corrected chi connectivity index (χ1v) is 5.72. The molecule has 0 amide bonds. The molecule has 14 heavy (non-hydrogen) atoms. The molecular weight excluding hydrogens is 174 g/mol. The number of hydrogen-bond acceptors (Lipinski definition) is 2. The Bertz CT molecular complexity index is 183. The third-order valence-electron chi connectivity index (χ3n) is 3.05. The summed E-state index contributed by atoms with van der Waals surface area (Å²) in [4.78, 5) is 12.6. The van der Waals surface area contributed by atoms with E-state index in [0.29, 0.717) is 0 Å². The molecule has 0 N–H and O–H groups in total. The number of allylic oxidation sites excluding steroid dienone is 1. The molecule has 0 aromatic heterocycles. The van der Waals surface area contributed by atoms with Gasteiger partial charge in [0.1, 0.15) is 6.29 Å². The lowest BCUT2D eigenvalue weighted by Gasteiger charge is -2.32. The molecule has 0 aromatic rings. The van der Waals surface area contributed by atoms with Gasteiger partial charge in [-0.2, -0.15) is 0 Å². The SMILES string of the molecule is CCN(C/C=C/C=O)C1CCCCC1. The minimum absolute atomic E-state index is 0.755. The van der Waals surface area contributed by atoms with Gasteiger partial charge >= 0.3 is 0 Å². The van der Waals surface area contributed by atoms with Crippen LogP contribution in [0.3, 0.4) is 0 Å². The molecule has 1 fully saturated rings. The summed E-state index contributed by atoms with van der Waals surface area (Å²) < 4.78 is 0. The monoisotopic (exact) mass is 195 g/mol. The van der Waals surface area contributed by atoms with Crippen LogP contribution in [-0.4, -0.2) is 30.3 Å². The van der Waals surface area contributed by atoms with Crippen LogP contribution in [0.2, 0.25) is 0 Å². The molecular formula is C12H21NO. The predicted octanol–water partition coefficient (Wildman–Crippen LogP) is 2.40. The highest BCUT2D eigenvalue weighted by atomic mass is 16.1. The maximum atomic E-state index is 10.1. The van der Waals surface area contributed by atoms with Crippen LogP contribution >= 0.6 is 0 Å².